The van der Waals surface area contributed by atoms with Gasteiger partial charge in [0.1, 0.15) is 0 Å². The lowest BCUT2D eigenvalue weighted by atomic mass is 10.1. The minimum absolute atomic E-state index is 0.112. The van der Waals surface area contributed by atoms with E-state index in [1.807, 2.05) is 32.0 Å². The second-order valence-corrected chi connectivity index (χ2v) is 6.04. The Labute approximate surface area is 156 Å². The predicted octanol–water partition coefficient (Wildman–Crippen LogP) is 2.98. The maximum absolute atomic E-state index is 12.2. The van der Waals surface area contributed by atoms with Crippen molar-refractivity contribution in [2.24, 2.45) is 0 Å². The molecule has 0 spiro atoms. The maximum atomic E-state index is 12.2. The Bertz CT molecular complexity index is 948. The summed E-state index contributed by atoms with van der Waals surface area (Å²) in [5.41, 5.74) is 2.95. The number of aryl methyl sites for hydroxylation is 2. The van der Waals surface area contributed by atoms with Gasteiger partial charge in [-0.3, -0.25) is 9.59 Å². The molecule has 1 heterocycles. The molecule has 2 amide bonds. The second kappa shape index (κ2) is 8.27. The zero-order valence-corrected chi connectivity index (χ0v) is 15.2. The molecule has 3 rings (SSSR count). The highest BCUT2D eigenvalue weighted by molar-refractivity contribution is 5.99. The fourth-order valence-corrected chi connectivity index (χ4v) is 2.48. The summed E-state index contributed by atoms with van der Waals surface area (Å²) in [6, 6.07) is 14.3. The van der Waals surface area contributed by atoms with Crippen LogP contribution in [0.15, 0.2) is 53.1 Å². The molecule has 27 heavy (non-hydrogen) atoms. The first kappa shape index (κ1) is 18.3. The van der Waals surface area contributed by atoms with Gasteiger partial charge in [0.2, 0.25) is 17.6 Å². The van der Waals surface area contributed by atoms with Crippen LogP contribution in [0.3, 0.4) is 0 Å². The van der Waals surface area contributed by atoms with Gasteiger partial charge in [0.15, 0.2) is 0 Å². The van der Waals surface area contributed by atoms with Crippen molar-refractivity contribution in [2.75, 3.05) is 11.9 Å². The number of aromatic nitrogens is 2. The molecule has 7 nitrogen and oxygen atoms in total. The van der Waals surface area contributed by atoms with Gasteiger partial charge in [-0.2, -0.15) is 4.98 Å². The number of rotatable bonds is 6. The lowest BCUT2D eigenvalue weighted by molar-refractivity contribution is -0.115. The number of nitrogens with one attached hydrogen (secondary N) is 2. The van der Waals surface area contributed by atoms with Crippen LogP contribution in [0, 0.1) is 6.92 Å². The van der Waals surface area contributed by atoms with Gasteiger partial charge in [0.25, 0.3) is 5.91 Å². The molecule has 0 fully saturated rings. The van der Waals surface area contributed by atoms with Gasteiger partial charge in [-0.05, 0) is 36.8 Å². The highest BCUT2D eigenvalue weighted by Gasteiger charge is 2.11. The van der Waals surface area contributed by atoms with E-state index in [4.69, 9.17) is 4.52 Å². The molecule has 0 bridgehead atoms. The molecule has 138 valence electrons. The number of carbonyl (C=O) groups excluding carboxylic acids is 2. The van der Waals surface area contributed by atoms with Crippen LogP contribution in [0.1, 0.15) is 28.7 Å². The first-order valence-corrected chi connectivity index (χ1v) is 8.63. The van der Waals surface area contributed by atoms with E-state index in [0.29, 0.717) is 29.4 Å². The number of carbonyl (C=O) groups is 2. The molecule has 0 saturated heterocycles. The van der Waals surface area contributed by atoms with E-state index in [1.165, 1.54) is 0 Å². The van der Waals surface area contributed by atoms with Gasteiger partial charge >= 0.3 is 0 Å². The minimum Gasteiger partial charge on any atom is -0.343 e. The van der Waals surface area contributed by atoms with Crippen molar-refractivity contribution in [3.8, 4) is 11.4 Å². The lowest BCUT2D eigenvalue weighted by Gasteiger charge is -2.08. The van der Waals surface area contributed by atoms with E-state index in [0.717, 1.165) is 11.1 Å². The van der Waals surface area contributed by atoms with Crippen LogP contribution in [0.4, 0.5) is 5.69 Å². The molecule has 2 aromatic carbocycles. The van der Waals surface area contributed by atoms with Crippen molar-refractivity contribution >= 4 is 17.5 Å². The number of hydrogen-bond acceptors (Lipinski definition) is 5. The van der Waals surface area contributed by atoms with E-state index in [1.54, 1.807) is 30.3 Å². The minimum atomic E-state index is -0.330. The highest BCUT2D eigenvalue weighted by Crippen LogP contribution is 2.16. The van der Waals surface area contributed by atoms with Crippen LogP contribution in [0.2, 0.25) is 0 Å². The standard InChI is InChI=1S/C20H20N4O3/c1-3-18-23-19(24-27-18)14-7-9-15(10-8-14)20(26)21-12-17(25)22-16-6-4-5-13(2)11-16/h4-11H,3,12H2,1-2H3,(H,21,26)(H,22,25). The lowest BCUT2D eigenvalue weighted by Crippen LogP contribution is -2.32. The van der Waals surface area contributed by atoms with Gasteiger partial charge in [-0.1, -0.05) is 36.3 Å². The Balaban J connectivity index is 1.55. The summed E-state index contributed by atoms with van der Waals surface area (Å²) in [6.07, 6.45) is 0.665. The largest absolute Gasteiger partial charge is 0.343 e. The van der Waals surface area contributed by atoms with Crippen molar-refractivity contribution in [1.82, 2.24) is 15.5 Å². The van der Waals surface area contributed by atoms with Crippen molar-refractivity contribution in [3.05, 3.63) is 65.5 Å². The van der Waals surface area contributed by atoms with Gasteiger partial charge < -0.3 is 15.2 Å². The molecule has 0 saturated carbocycles. The van der Waals surface area contributed by atoms with Crippen LogP contribution in [-0.4, -0.2) is 28.5 Å². The molecule has 0 unspecified atom stereocenters. The second-order valence-electron chi connectivity index (χ2n) is 6.04. The third-order valence-electron chi connectivity index (χ3n) is 3.89. The molecular formula is C20H20N4O3. The zero-order valence-electron chi connectivity index (χ0n) is 15.2. The third-order valence-corrected chi connectivity index (χ3v) is 3.89. The molecule has 1 aromatic heterocycles. The molecule has 0 radical (unpaired) electrons. The van der Waals surface area contributed by atoms with E-state index < -0.39 is 0 Å². The molecule has 0 aliphatic heterocycles. The Morgan fingerprint density at radius 3 is 2.56 bits per heavy atom. The number of hydrogen-bond donors (Lipinski definition) is 2. The summed E-state index contributed by atoms with van der Waals surface area (Å²) in [6.45, 7) is 3.76. The van der Waals surface area contributed by atoms with Crippen LogP contribution in [0.25, 0.3) is 11.4 Å². The first-order chi connectivity index (χ1) is 13.0. The van der Waals surface area contributed by atoms with Gasteiger partial charge in [-0.15, -0.1) is 0 Å². The molecule has 0 atom stereocenters. The molecule has 0 aliphatic carbocycles. The topological polar surface area (TPSA) is 97.1 Å². The quantitative estimate of drug-likeness (QED) is 0.701. The Kier molecular flexibility index (Phi) is 5.61. The summed E-state index contributed by atoms with van der Waals surface area (Å²) < 4.78 is 5.08. The van der Waals surface area contributed by atoms with E-state index in [-0.39, 0.29) is 18.4 Å². The maximum Gasteiger partial charge on any atom is 0.251 e. The highest BCUT2D eigenvalue weighted by atomic mass is 16.5. The van der Waals surface area contributed by atoms with Gasteiger partial charge in [0.05, 0.1) is 6.54 Å². The van der Waals surface area contributed by atoms with Crippen molar-refractivity contribution in [2.45, 2.75) is 20.3 Å². The van der Waals surface area contributed by atoms with E-state index in [9.17, 15) is 9.59 Å². The molecule has 7 heteroatoms. The van der Waals surface area contributed by atoms with E-state index in [2.05, 4.69) is 20.8 Å². The molecule has 3 aromatic rings. The van der Waals surface area contributed by atoms with Gasteiger partial charge in [-0.25, -0.2) is 0 Å². The van der Waals surface area contributed by atoms with E-state index >= 15 is 0 Å². The summed E-state index contributed by atoms with van der Waals surface area (Å²) in [5, 5.41) is 9.25. The average molecular weight is 364 g/mol. The summed E-state index contributed by atoms with van der Waals surface area (Å²) >= 11 is 0. The first-order valence-electron chi connectivity index (χ1n) is 8.63. The number of anilines is 1. The summed E-state index contributed by atoms with van der Waals surface area (Å²) in [7, 11) is 0. The Morgan fingerprint density at radius 2 is 1.89 bits per heavy atom. The van der Waals surface area contributed by atoms with Crippen LogP contribution in [0.5, 0.6) is 0 Å². The summed E-state index contributed by atoms with van der Waals surface area (Å²) in [5.74, 6) is 0.426. The Morgan fingerprint density at radius 1 is 1.11 bits per heavy atom. The van der Waals surface area contributed by atoms with Gasteiger partial charge in [0, 0.05) is 23.2 Å². The SMILES string of the molecule is CCc1nc(-c2ccc(C(=O)NCC(=O)Nc3cccc(C)c3)cc2)no1. The summed E-state index contributed by atoms with van der Waals surface area (Å²) in [4.78, 5) is 28.4. The fraction of sp³-hybridized carbons (Fsp3) is 0.200. The third kappa shape index (κ3) is 4.78. The van der Waals surface area contributed by atoms with Crippen molar-refractivity contribution < 1.29 is 14.1 Å². The Hall–Kier alpha value is -3.48. The smallest absolute Gasteiger partial charge is 0.251 e. The van der Waals surface area contributed by atoms with Crippen LogP contribution in [-0.2, 0) is 11.2 Å². The fourth-order valence-electron chi connectivity index (χ4n) is 2.48. The normalized spacial score (nSPS) is 10.4. The average Bonchev–Trinajstić information content (AvgIpc) is 3.15. The number of amides is 2. The predicted molar refractivity (Wildman–Crippen MR) is 101 cm³/mol. The molecular weight excluding hydrogens is 344 g/mol. The monoisotopic (exact) mass is 364 g/mol. The number of nitrogens with zero attached hydrogens (tertiary/aromatic N) is 2. The van der Waals surface area contributed by atoms with Crippen LogP contribution < -0.4 is 10.6 Å². The molecule has 2 N–H and O–H groups in total. The number of benzene rings is 2. The molecule has 0 aliphatic rings. The van der Waals surface area contributed by atoms with Crippen molar-refractivity contribution in [1.29, 1.82) is 0 Å². The van der Waals surface area contributed by atoms with Crippen molar-refractivity contribution in [3.63, 3.8) is 0 Å². The van der Waals surface area contributed by atoms with Crippen LogP contribution >= 0.6 is 0 Å². The zero-order chi connectivity index (χ0) is 19.2.